The summed E-state index contributed by atoms with van der Waals surface area (Å²) in [5.74, 6) is 0. The van der Waals surface area contributed by atoms with Gasteiger partial charge in [-0.25, -0.2) is 0 Å². The summed E-state index contributed by atoms with van der Waals surface area (Å²) in [4.78, 5) is 9.18. The number of carbonyl (C=O) groups excluding carboxylic acids is 1. The van der Waals surface area contributed by atoms with Crippen LogP contribution in [0.1, 0.15) is 18.9 Å². The first-order valence-corrected chi connectivity index (χ1v) is 6.47. The SMILES string of the molecule is CCOC=O.Clc1ccc2c3c1ccn3CCC2. The molecule has 0 bridgehead atoms. The number of aryl methyl sites for hydroxylation is 2. The molecule has 4 heteroatoms. The molecule has 2 heterocycles. The predicted octanol–water partition coefficient (Wildman–Crippen LogP) is 3.42. The van der Waals surface area contributed by atoms with Crippen LogP contribution in [0.4, 0.5) is 0 Å². The van der Waals surface area contributed by atoms with E-state index in [4.69, 9.17) is 11.6 Å². The maximum Gasteiger partial charge on any atom is 0.293 e. The molecule has 0 atom stereocenters. The minimum absolute atomic E-state index is 0.431. The van der Waals surface area contributed by atoms with Crippen molar-refractivity contribution in [1.82, 2.24) is 4.57 Å². The van der Waals surface area contributed by atoms with E-state index in [1.807, 2.05) is 6.07 Å². The lowest BCUT2D eigenvalue weighted by molar-refractivity contribution is -0.128. The molecule has 3 nitrogen and oxygen atoms in total. The first-order valence-electron chi connectivity index (χ1n) is 6.09. The van der Waals surface area contributed by atoms with Gasteiger partial charge in [-0.05, 0) is 37.5 Å². The molecular weight excluding hydrogens is 250 g/mol. The van der Waals surface area contributed by atoms with E-state index in [1.165, 1.54) is 29.3 Å². The summed E-state index contributed by atoms with van der Waals surface area (Å²) in [7, 11) is 0. The highest BCUT2D eigenvalue weighted by Crippen LogP contribution is 2.31. The van der Waals surface area contributed by atoms with E-state index in [9.17, 15) is 4.79 Å². The molecule has 3 rings (SSSR count). The third kappa shape index (κ3) is 2.51. The summed E-state index contributed by atoms with van der Waals surface area (Å²) in [5.41, 5.74) is 2.79. The number of ether oxygens (including phenoxy) is 1. The van der Waals surface area contributed by atoms with Gasteiger partial charge in [-0.3, -0.25) is 4.79 Å². The van der Waals surface area contributed by atoms with E-state index in [2.05, 4.69) is 27.6 Å². The number of carbonyl (C=O) groups is 1. The second-order valence-corrected chi connectivity index (χ2v) is 4.54. The molecule has 1 aliphatic heterocycles. The van der Waals surface area contributed by atoms with E-state index in [0.29, 0.717) is 13.1 Å². The van der Waals surface area contributed by atoms with Crippen molar-refractivity contribution in [1.29, 1.82) is 0 Å². The quantitative estimate of drug-likeness (QED) is 0.779. The van der Waals surface area contributed by atoms with Gasteiger partial charge in [-0.1, -0.05) is 17.7 Å². The molecule has 0 spiro atoms. The fourth-order valence-electron chi connectivity index (χ4n) is 2.26. The average molecular weight is 266 g/mol. The molecule has 0 fully saturated rings. The van der Waals surface area contributed by atoms with Crippen LogP contribution in [0.2, 0.25) is 5.02 Å². The third-order valence-electron chi connectivity index (χ3n) is 3.04. The Morgan fingerprint density at radius 1 is 1.44 bits per heavy atom. The molecule has 1 aromatic carbocycles. The Morgan fingerprint density at radius 3 is 2.94 bits per heavy atom. The Labute approximate surface area is 111 Å². The second kappa shape index (κ2) is 5.91. The van der Waals surface area contributed by atoms with E-state index >= 15 is 0 Å². The zero-order valence-electron chi connectivity index (χ0n) is 10.4. The summed E-state index contributed by atoms with van der Waals surface area (Å²) >= 11 is 6.11. The van der Waals surface area contributed by atoms with Crippen molar-refractivity contribution in [3.05, 3.63) is 35.0 Å². The van der Waals surface area contributed by atoms with Crippen LogP contribution in [0.3, 0.4) is 0 Å². The zero-order chi connectivity index (χ0) is 13.0. The molecule has 0 aliphatic carbocycles. The smallest absolute Gasteiger partial charge is 0.293 e. The summed E-state index contributed by atoms with van der Waals surface area (Å²) in [5, 5.41) is 2.08. The number of halogens is 1. The first-order chi connectivity index (χ1) is 8.77. The van der Waals surface area contributed by atoms with Gasteiger partial charge in [0.1, 0.15) is 0 Å². The van der Waals surface area contributed by atoms with Gasteiger partial charge in [0.05, 0.1) is 12.1 Å². The van der Waals surface area contributed by atoms with Crippen molar-refractivity contribution in [2.24, 2.45) is 0 Å². The number of hydrogen-bond acceptors (Lipinski definition) is 2. The largest absolute Gasteiger partial charge is 0.468 e. The Bertz CT molecular complexity index is 548. The standard InChI is InChI=1S/C11H10ClN.C3H6O2/c12-10-4-3-8-2-1-6-13-7-5-9(10)11(8)13;1-2-5-3-4/h3-5,7H,1-2,6H2;3H,2H2,1H3. The molecule has 2 aromatic rings. The summed E-state index contributed by atoms with van der Waals surface area (Å²) in [6, 6.07) is 6.28. The molecular formula is C14H16ClNO2. The third-order valence-corrected chi connectivity index (χ3v) is 3.37. The normalized spacial score (nSPS) is 12.8. The molecule has 0 saturated carbocycles. The van der Waals surface area contributed by atoms with Gasteiger partial charge >= 0.3 is 0 Å². The van der Waals surface area contributed by atoms with Gasteiger partial charge in [0.25, 0.3) is 6.47 Å². The van der Waals surface area contributed by atoms with Crippen molar-refractivity contribution >= 4 is 29.0 Å². The van der Waals surface area contributed by atoms with Gasteiger partial charge in [-0.15, -0.1) is 0 Å². The topological polar surface area (TPSA) is 31.2 Å². The number of benzene rings is 1. The molecule has 1 aliphatic rings. The van der Waals surface area contributed by atoms with Crippen molar-refractivity contribution < 1.29 is 9.53 Å². The van der Waals surface area contributed by atoms with E-state index in [0.717, 1.165) is 11.6 Å². The Kier molecular flexibility index (Phi) is 4.26. The van der Waals surface area contributed by atoms with Crippen molar-refractivity contribution in [3.8, 4) is 0 Å². The van der Waals surface area contributed by atoms with Crippen LogP contribution < -0.4 is 0 Å². The van der Waals surface area contributed by atoms with Crippen molar-refractivity contribution in [2.75, 3.05) is 6.61 Å². The maximum absolute atomic E-state index is 9.18. The molecule has 0 unspecified atom stereocenters. The average Bonchev–Trinajstić information content (AvgIpc) is 2.82. The Balaban J connectivity index is 0.000000209. The fraction of sp³-hybridized carbons (Fsp3) is 0.357. The van der Waals surface area contributed by atoms with Crippen molar-refractivity contribution in [3.63, 3.8) is 0 Å². The zero-order valence-corrected chi connectivity index (χ0v) is 11.1. The van der Waals surface area contributed by atoms with Gasteiger partial charge in [-0.2, -0.15) is 0 Å². The lowest BCUT2D eigenvalue weighted by Crippen LogP contribution is -2.06. The van der Waals surface area contributed by atoms with Gasteiger partial charge in [0.2, 0.25) is 0 Å². The Hall–Kier alpha value is -1.48. The first kappa shape index (κ1) is 13.0. The highest BCUT2D eigenvalue weighted by molar-refractivity contribution is 6.35. The van der Waals surface area contributed by atoms with E-state index in [-0.39, 0.29) is 0 Å². The van der Waals surface area contributed by atoms with E-state index in [1.54, 1.807) is 6.92 Å². The van der Waals surface area contributed by atoms with Crippen LogP contribution in [-0.4, -0.2) is 17.6 Å². The lowest BCUT2D eigenvalue weighted by Gasteiger charge is -2.15. The number of rotatable bonds is 2. The molecule has 0 N–H and O–H groups in total. The molecule has 0 saturated heterocycles. The summed E-state index contributed by atoms with van der Waals surface area (Å²) in [6.45, 7) is 3.80. The molecule has 1 aromatic heterocycles. The maximum atomic E-state index is 9.18. The number of aromatic nitrogens is 1. The number of nitrogens with zero attached hydrogens (tertiary/aromatic N) is 1. The van der Waals surface area contributed by atoms with Gasteiger partial charge in [0.15, 0.2) is 0 Å². The van der Waals surface area contributed by atoms with E-state index < -0.39 is 0 Å². The second-order valence-electron chi connectivity index (χ2n) is 4.13. The van der Waals surface area contributed by atoms with Crippen LogP contribution >= 0.6 is 11.6 Å². The lowest BCUT2D eigenvalue weighted by atomic mass is 10.0. The Morgan fingerprint density at radius 2 is 2.28 bits per heavy atom. The summed E-state index contributed by atoms with van der Waals surface area (Å²) < 4.78 is 6.46. The van der Waals surface area contributed by atoms with Crippen LogP contribution in [0, 0.1) is 0 Å². The monoisotopic (exact) mass is 265 g/mol. The summed E-state index contributed by atoms with van der Waals surface area (Å²) in [6.07, 6.45) is 4.58. The van der Waals surface area contributed by atoms with Crippen LogP contribution in [-0.2, 0) is 22.5 Å². The minimum atomic E-state index is 0.431. The van der Waals surface area contributed by atoms with Crippen LogP contribution in [0.15, 0.2) is 24.4 Å². The van der Waals surface area contributed by atoms with Crippen LogP contribution in [0.25, 0.3) is 10.9 Å². The highest BCUT2D eigenvalue weighted by atomic mass is 35.5. The predicted molar refractivity (Wildman–Crippen MR) is 73.0 cm³/mol. The van der Waals surface area contributed by atoms with Crippen LogP contribution in [0.5, 0.6) is 0 Å². The minimum Gasteiger partial charge on any atom is -0.468 e. The molecule has 0 amide bonds. The highest BCUT2D eigenvalue weighted by Gasteiger charge is 2.13. The molecule has 96 valence electrons. The van der Waals surface area contributed by atoms with Gasteiger partial charge < -0.3 is 9.30 Å². The van der Waals surface area contributed by atoms with Gasteiger partial charge in [0, 0.05) is 23.2 Å². The molecule has 0 radical (unpaired) electrons. The van der Waals surface area contributed by atoms with Crippen molar-refractivity contribution in [2.45, 2.75) is 26.3 Å². The number of hydrogen-bond donors (Lipinski definition) is 0. The fourth-order valence-corrected chi connectivity index (χ4v) is 2.48. The molecule has 18 heavy (non-hydrogen) atoms.